The molecule has 0 saturated carbocycles. The Morgan fingerprint density at radius 2 is 1.80 bits per heavy atom. The van der Waals surface area contributed by atoms with Crippen LogP contribution in [-0.2, 0) is 9.59 Å². The highest BCUT2D eigenvalue weighted by atomic mass is 19.4. The van der Waals surface area contributed by atoms with Gasteiger partial charge >= 0.3 is 6.18 Å². The van der Waals surface area contributed by atoms with E-state index in [9.17, 15) is 22.8 Å². The molecule has 0 aromatic heterocycles. The third-order valence-corrected chi connectivity index (χ3v) is 3.35. The molecule has 0 spiro atoms. The maximum Gasteiger partial charge on any atom is 0.390 e. The summed E-state index contributed by atoms with van der Waals surface area (Å²) in [4.78, 5) is 25.3. The molecule has 0 bridgehead atoms. The molecule has 1 rings (SSSR count). The molecule has 1 fully saturated rings. The molecule has 1 heterocycles. The van der Waals surface area contributed by atoms with E-state index in [1.54, 1.807) is 27.7 Å². The Balaban J connectivity index is 2.95. The van der Waals surface area contributed by atoms with Crippen molar-refractivity contribution in [1.29, 1.82) is 0 Å². The normalized spacial score (nSPS) is 25.4. The van der Waals surface area contributed by atoms with Crippen LogP contribution in [0.3, 0.4) is 0 Å². The number of carbonyl (C=O) groups excluding carboxylic acids is 2. The quantitative estimate of drug-likeness (QED) is 0.848. The van der Waals surface area contributed by atoms with Crippen molar-refractivity contribution in [3.63, 3.8) is 0 Å². The van der Waals surface area contributed by atoms with E-state index in [4.69, 9.17) is 0 Å². The van der Waals surface area contributed by atoms with E-state index in [0.717, 1.165) is 0 Å². The summed E-state index contributed by atoms with van der Waals surface area (Å²) < 4.78 is 37.1. The molecule has 4 nitrogen and oxygen atoms in total. The molecule has 0 aromatic carbocycles. The Hall–Kier alpha value is -1.27. The summed E-state index contributed by atoms with van der Waals surface area (Å²) in [7, 11) is 0. The van der Waals surface area contributed by atoms with Crippen molar-refractivity contribution < 1.29 is 22.8 Å². The Morgan fingerprint density at radius 3 is 2.25 bits per heavy atom. The lowest BCUT2D eigenvalue weighted by molar-refractivity contribution is -0.149. The highest BCUT2D eigenvalue weighted by molar-refractivity contribution is 5.91. The van der Waals surface area contributed by atoms with E-state index < -0.39 is 42.5 Å². The zero-order valence-electron chi connectivity index (χ0n) is 12.2. The van der Waals surface area contributed by atoms with Crippen LogP contribution in [0.1, 0.15) is 40.5 Å². The number of amides is 2. The largest absolute Gasteiger partial charge is 0.390 e. The summed E-state index contributed by atoms with van der Waals surface area (Å²) in [5.41, 5.74) is -0.548. The minimum atomic E-state index is -4.32. The highest BCUT2D eigenvalue weighted by Crippen LogP contribution is 2.27. The van der Waals surface area contributed by atoms with Crippen LogP contribution in [0.15, 0.2) is 0 Å². The fourth-order valence-electron chi connectivity index (χ4n) is 2.21. The Kier molecular flexibility index (Phi) is 4.71. The van der Waals surface area contributed by atoms with Gasteiger partial charge in [0.1, 0.15) is 6.04 Å². The molecule has 2 amide bonds. The summed E-state index contributed by atoms with van der Waals surface area (Å²) in [5, 5.41) is 2.61. The molecular weight excluding hydrogens is 273 g/mol. The lowest BCUT2D eigenvalue weighted by atomic mass is 9.86. The number of nitrogens with one attached hydrogen (secondary N) is 1. The van der Waals surface area contributed by atoms with Crippen molar-refractivity contribution in [1.82, 2.24) is 10.2 Å². The van der Waals surface area contributed by atoms with E-state index in [1.165, 1.54) is 4.90 Å². The number of hydrogen-bond acceptors (Lipinski definition) is 2. The van der Waals surface area contributed by atoms with Crippen LogP contribution in [0.25, 0.3) is 0 Å². The minimum Gasteiger partial charge on any atom is -0.344 e. The maximum atomic E-state index is 12.4. The van der Waals surface area contributed by atoms with E-state index in [-0.39, 0.29) is 12.3 Å². The van der Waals surface area contributed by atoms with E-state index in [1.807, 2.05) is 0 Å². The summed E-state index contributed by atoms with van der Waals surface area (Å²) in [6.07, 6.45) is -5.36. The van der Waals surface area contributed by atoms with E-state index in [0.29, 0.717) is 0 Å². The van der Waals surface area contributed by atoms with Crippen LogP contribution >= 0.6 is 0 Å². The lowest BCUT2D eigenvalue weighted by Gasteiger charge is -2.34. The highest BCUT2D eigenvalue weighted by Gasteiger charge is 2.41. The predicted octanol–water partition coefficient (Wildman–Crippen LogP) is 2.09. The van der Waals surface area contributed by atoms with E-state index in [2.05, 4.69) is 5.32 Å². The van der Waals surface area contributed by atoms with Crippen LogP contribution in [0.2, 0.25) is 0 Å². The second-order valence-electron chi connectivity index (χ2n) is 6.32. The second kappa shape index (κ2) is 5.61. The topological polar surface area (TPSA) is 49.4 Å². The summed E-state index contributed by atoms with van der Waals surface area (Å²) >= 11 is 0. The molecule has 0 aromatic rings. The predicted molar refractivity (Wildman–Crippen MR) is 67.8 cm³/mol. The lowest BCUT2D eigenvalue weighted by Crippen LogP contribution is -2.53. The van der Waals surface area contributed by atoms with Gasteiger partial charge in [0.25, 0.3) is 0 Å². The monoisotopic (exact) mass is 294 g/mol. The summed E-state index contributed by atoms with van der Waals surface area (Å²) in [5.74, 6) is -0.750. The second-order valence-corrected chi connectivity index (χ2v) is 6.32. The number of carbonyl (C=O) groups is 2. The number of halogens is 3. The zero-order chi connectivity index (χ0) is 15.7. The van der Waals surface area contributed by atoms with Crippen molar-refractivity contribution in [2.75, 3.05) is 6.54 Å². The van der Waals surface area contributed by atoms with E-state index >= 15 is 0 Å². The van der Waals surface area contributed by atoms with Gasteiger partial charge in [0.15, 0.2) is 0 Å². The molecule has 1 N–H and O–H groups in total. The fraction of sp³-hybridized carbons (Fsp3) is 0.846. The van der Waals surface area contributed by atoms with Gasteiger partial charge in [-0.25, -0.2) is 0 Å². The first-order valence-electron chi connectivity index (χ1n) is 6.58. The smallest absolute Gasteiger partial charge is 0.344 e. The molecule has 2 atom stereocenters. The van der Waals surface area contributed by atoms with Crippen LogP contribution in [0, 0.1) is 5.41 Å². The molecule has 116 valence electrons. The molecule has 2 unspecified atom stereocenters. The number of nitrogens with zero attached hydrogens (tertiary/aromatic N) is 1. The molecule has 0 aliphatic carbocycles. The molecule has 7 heteroatoms. The SMILES string of the molecule is CC1CC(=O)NC(C(C)(C)C)C(=O)N1CCC(F)(F)F. The van der Waals surface area contributed by atoms with Crippen molar-refractivity contribution in [2.45, 2.75) is 58.8 Å². The van der Waals surface area contributed by atoms with Crippen LogP contribution in [-0.4, -0.2) is 41.5 Å². The standard InChI is InChI=1S/C13H21F3N2O2/c1-8-7-9(19)17-10(12(2,3)4)11(20)18(8)6-5-13(14,15)16/h8,10H,5-7H2,1-4H3,(H,17,19). The van der Waals surface area contributed by atoms with Crippen molar-refractivity contribution in [2.24, 2.45) is 5.41 Å². The van der Waals surface area contributed by atoms with Gasteiger partial charge < -0.3 is 10.2 Å². The molecule has 1 aliphatic heterocycles. The van der Waals surface area contributed by atoms with Gasteiger partial charge in [0.2, 0.25) is 11.8 Å². The summed E-state index contributed by atoms with van der Waals surface area (Å²) in [6.45, 7) is 6.50. The van der Waals surface area contributed by atoms with Gasteiger partial charge in [-0.1, -0.05) is 20.8 Å². The third-order valence-electron chi connectivity index (χ3n) is 3.35. The van der Waals surface area contributed by atoms with Crippen LogP contribution in [0.5, 0.6) is 0 Å². The van der Waals surface area contributed by atoms with Gasteiger partial charge in [-0.2, -0.15) is 13.2 Å². The fourth-order valence-corrected chi connectivity index (χ4v) is 2.21. The van der Waals surface area contributed by atoms with Crippen LogP contribution < -0.4 is 5.32 Å². The van der Waals surface area contributed by atoms with Gasteiger partial charge in [0.05, 0.1) is 6.42 Å². The molecule has 1 aliphatic rings. The number of rotatable bonds is 2. The van der Waals surface area contributed by atoms with Gasteiger partial charge in [-0.3, -0.25) is 9.59 Å². The first kappa shape index (κ1) is 16.8. The molecular formula is C13H21F3N2O2. The number of alkyl halides is 3. The van der Waals surface area contributed by atoms with Crippen LogP contribution in [0.4, 0.5) is 13.2 Å². The Labute approximate surface area is 116 Å². The first-order valence-corrected chi connectivity index (χ1v) is 6.58. The van der Waals surface area contributed by atoms with Gasteiger partial charge in [-0.05, 0) is 12.3 Å². The average molecular weight is 294 g/mol. The van der Waals surface area contributed by atoms with Gasteiger partial charge in [0, 0.05) is 19.0 Å². The third kappa shape index (κ3) is 4.38. The Bertz CT molecular complexity index is 388. The summed E-state index contributed by atoms with van der Waals surface area (Å²) in [6, 6.07) is -1.33. The van der Waals surface area contributed by atoms with Crippen molar-refractivity contribution in [3.8, 4) is 0 Å². The average Bonchev–Trinajstić information content (AvgIpc) is 2.31. The maximum absolute atomic E-state index is 12.4. The van der Waals surface area contributed by atoms with Crippen molar-refractivity contribution in [3.05, 3.63) is 0 Å². The van der Waals surface area contributed by atoms with Crippen molar-refractivity contribution >= 4 is 11.8 Å². The minimum absolute atomic E-state index is 0.0240. The Morgan fingerprint density at radius 1 is 1.25 bits per heavy atom. The molecule has 1 saturated heterocycles. The number of hydrogen-bond donors (Lipinski definition) is 1. The molecule has 0 radical (unpaired) electrons. The molecule has 20 heavy (non-hydrogen) atoms. The first-order chi connectivity index (χ1) is 8.92. The zero-order valence-corrected chi connectivity index (χ0v) is 12.2. The van der Waals surface area contributed by atoms with Gasteiger partial charge in [-0.15, -0.1) is 0 Å².